The summed E-state index contributed by atoms with van der Waals surface area (Å²) in [5.41, 5.74) is 2.52. The van der Waals surface area contributed by atoms with Crippen LogP contribution in [0.4, 0.5) is 0 Å². The number of aromatic nitrogens is 1. The highest BCUT2D eigenvalue weighted by Crippen LogP contribution is 2.07. The molecule has 2 rings (SSSR count). The molecule has 0 aliphatic heterocycles. The molecule has 0 atom stereocenters. The minimum atomic E-state index is 0.591. The van der Waals surface area contributed by atoms with Crippen LogP contribution in [-0.2, 0) is 6.42 Å². The van der Waals surface area contributed by atoms with Crippen LogP contribution in [0, 0.1) is 6.92 Å². The van der Waals surface area contributed by atoms with Crippen molar-refractivity contribution < 1.29 is 4.74 Å². The molecule has 0 aliphatic rings. The van der Waals surface area contributed by atoms with Gasteiger partial charge in [0, 0.05) is 26.0 Å². The van der Waals surface area contributed by atoms with E-state index in [1.807, 2.05) is 42.7 Å². The lowest BCUT2D eigenvalue weighted by molar-refractivity contribution is 0.322. The lowest BCUT2D eigenvalue weighted by Gasteiger charge is -2.13. The Kier molecular flexibility index (Phi) is 6.91. The second-order valence-electron chi connectivity index (χ2n) is 5.14. The first-order chi connectivity index (χ1) is 11.3. The molecule has 0 aliphatic carbocycles. The maximum absolute atomic E-state index is 5.64. The van der Waals surface area contributed by atoms with E-state index in [2.05, 4.69) is 33.6 Å². The number of para-hydroxylation sites is 1. The summed E-state index contributed by atoms with van der Waals surface area (Å²) in [5.74, 6) is 1.67. The Balaban J connectivity index is 1.65. The maximum Gasteiger partial charge on any atom is 0.191 e. The largest absolute Gasteiger partial charge is 0.492 e. The number of hydrogen-bond donors (Lipinski definition) is 2. The smallest absolute Gasteiger partial charge is 0.191 e. The highest BCUT2D eigenvalue weighted by Gasteiger charge is 2.00. The van der Waals surface area contributed by atoms with Crippen LogP contribution in [0.25, 0.3) is 0 Å². The minimum Gasteiger partial charge on any atom is -0.492 e. The van der Waals surface area contributed by atoms with Crippen LogP contribution in [0.1, 0.15) is 11.1 Å². The van der Waals surface area contributed by atoms with Gasteiger partial charge in [-0.25, -0.2) is 0 Å². The molecule has 1 aromatic carbocycles. The first kappa shape index (κ1) is 16.8. The van der Waals surface area contributed by atoms with E-state index in [0.29, 0.717) is 13.2 Å². The summed E-state index contributed by atoms with van der Waals surface area (Å²) in [5, 5.41) is 6.55. The van der Waals surface area contributed by atoms with E-state index in [-0.39, 0.29) is 0 Å². The van der Waals surface area contributed by atoms with E-state index < -0.39 is 0 Å². The van der Waals surface area contributed by atoms with Crippen molar-refractivity contribution in [3.05, 3.63) is 59.9 Å². The Labute approximate surface area is 137 Å². The quantitative estimate of drug-likeness (QED) is 0.467. The van der Waals surface area contributed by atoms with Gasteiger partial charge in [0.1, 0.15) is 12.4 Å². The summed E-state index contributed by atoms with van der Waals surface area (Å²) >= 11 is 0. The van der Waals surface area contributed by atoms with Crippen LogP contribution in [0.15, 0.2) is 53.8 Å². The van der Waals surface area contributed by atoms with Crippen LogP contribution < -0.4 is 15.4 Å². The fraction of sp³-hybridized carbons (Fsp3) is 0.333. The van der Waals surface area contributed by atoms with E-state index in [1.54, 1.807) is 7.05 Å². The molecule has 2 aromatic rings. The molecule has 5 heteroatoms. The molecule has 1 aromatic heterocycles. The summed E-state index contributed by atoms with van der Waals surface area (Å²) in [7, 11) is 1.77. The molecule has 0 unspecified atom stereocenters. The molecule has 0 fully saturated rings. The zero-order valence-electron chi connectivity index (χ0n) is 13.7. The van der Waals surface area contributed by atoms with Gasteiger partial charge >= 0.3 is 0 Å². The number of pyridine rings is 1. The summed E-state index contributed by atoms with van der Waals surface area (Å²) < 4.78 is 5.64. The Morgan fingerprint density at radius 3 is 2.65 bits per heavy atom. The highest BCUT2D eigenvalue weighted by atomic mass is 16.5. The van der Waals surface area contributed by atoms with Crippen molar-refractivity contribution in [3.8, 4) is 5.75 Å². The predicted octanol–water partition coefficient (Wildman–Crippen LogP) is 2.18. The SMILES string of the molecule is CN=C(NCCOc1ccccc1)NCCc1ccncc1C. The van der Waals surface area contributed by atoms with Crippen molar-refractivity contribution in [3.63, 3.8) is 0 Å². The normalized spacial score (nSPS) is 11.1. The van der Waals surface area contributed by atoms with Crippen molar-refractivity contribution in [2.24, 2.45) is 4.99 Å². The Morgan fingerprint density at radius 1 is 1.13 bits per heavy atom. The number of hydrogen-bond acceptors (Lipinski definition) is 3. The molecule has 2 N–H and O–H groups in total. The Bertz CT molecular complexity index is 613. The summed E-state index contributed by atoms with van der Waals surface area (Å²) in [6, 6.07) is 11.9. The van der Waals surface area contributed by atoms with Crippen LogP contribution >= 0.6 is 0 Å². The topological polar surface area (TPSA) is 58.5 Å². The molecular weight excluding hydrogens is 288 g/mol. The number of aliphatic imine (C=N–C) groups is 1. The third-order valence-electron chi connectivity index (χ3n) is 3.45. The van der Waals surface area contributed by atoms with Crippen molar-refractivity contribution >= 4 is 5.96 Å². The van der Waals surface area contributed by atoms with Gasteiger partial charge in [-0.05, 0) is 42.7 Å². The number of benzene rings is 1. The molecule has 1 heterocycles. The van der Waals surface area contributed by atoms with E-state index in [9.17, 15) is 0 Å². The molecule has 5 nitrogen and oxygen atoms in total. The average Bonchev–Trinajstić information content (AvgIpc) is 2.59. The van der Waals surface area contributed by atoms with Gasteiger partial charge in [-0.2, -0.15) is 0 Å². The number of nitrogens with one attached hydrogen (secondary N) is 2. The van der Waals surface area contributed by atoms with Gasteiger partial charge < -0.3 is 15.4 Å². The monoisotopic (exact) mass is 312 g/mol. The summed E-state index contributed by atoms with van der Waals surface area (Å²) in [6.07, 6.45) is 4.66. The molecule has 0 saturated carbocycles. The predicted molar refractivity (Wildman–Crippen MR) is 94.0 cm³/mol. The molecular formula is C18H24N4O. The van der Waals surface area contributed by atoms with Crippen LogP contribution in [-0.4, -0.2) is 37.7 Å². The van der Waals surface area contributed by atoms with Gasteiger partial charge in [0.15, 0.2) is 5.96 Å². The van der Waals surface area contributed by atoms with Crippen molar-refractivity contribution in [1.82, 2.24) is 15.6 Å². The third kappa shape index (κ3) is 5.98. The van der Waals surface area contributed by atoms with Crippen molar-refractivity contribution in [1.29, 1.82) is 0 Å². The number of guanidine groups is 1. The first-order valence-electron chi connectivity index (χ1n) is 7.81. The fourth-order valence-corrected chi connectivity index (χ4v) is 2.17. The van der Waals surface area contributed by atoms with E-state index >= 15 is 0 Å². The summed E-state index contributed by atoms with van der Waals surface area (Å²) in [4.78, 5) is 8.32. The van der Waals surface area contributed by atoms with Gasteiger partial charge in [-0.3, -0.25) is 9.98 Å². The second-order valence-corrected chi connectivity index (χ2v) is 5.14. The zero-order valence-corrected chi connectivity index (χ0v) is 13.7. The van der Waals surface area contributed by atoms with E-state index in [1.165, 1.54) is 11.1 Å². The Morgan fingerprint density at radius 2 is 1.91 bits per heavy atom. The highest BCUT2D eigenvalue weighted by molar-refractivity contribution is 5.79. The van der Waals surface area contributed by atoms with Crippen LogP contribution in [0.3, 0.4) is 0 Å². The molecule has 0 amide bonds. The molecule has 0 radical (unpaired) electrons. The van der Waals surface area contributed by atoms with Crippen molar-refractivity contribution in [2.45, 2.75) is 13.3 Å². The minimum absolute atomic E-state index is 0.591. The number of ether oxygens (including phenoxy) is 1. The van der Waals surface area contributed by atoms with E-state index in [4.69, 9.17) is 4.74 Å². The molecule has 0 bridgehead atoms. The fourth-order valence-electron chi connectivity index (χ4n) is 2.17. The third-order valence-corrected chi connectivity index (χ3v) is 3.45. The number of aryl methyl sites for hydroxylation is 1. The number of nitrogens with zero attached hydrogens (tertiary/aromatic N) is 2. The Hall–Kier alpha value is -2.56. The molecule has 122 valence electrons. The second kappa shape index (κ2) is 9.46. The molecule has 0 spiro atoms. The van der Waals surface area contributed by atoms with Gasteiger partial charge in [-0.15, -0.1) is 0 Å². The molecule has 23 heavy (non-hydrogen) atoms. The lowest BCUT2D eigenvalue weighted by atomic mass is 10.1. The maximum atomic E-state index is 5.64. The number of rotatable bonds is 7. The average molecular weight is 312 g/mol. The van der Waals surface area contributed by atoms with Gasteiger partial charge in [0.05, 0.1) is 6.54 Å². The van der Waals surface area contributed by atoms with Gasteiger partial charge in [-0.1, -0.05) is 18.2 Å². The zero-order chi connectivity index (χ0) is 16.3. The van der Waals surface area contributed by atoms with Crippen molar-refractivity contribution in [2.75, 3.05) is 26.7 Å². The molecule has 0 saturated heterocycles. The van der Waals surface area contributed by atoms with Crippen LogP contribution in [0.5, 0.6) is 5.75 Å². The van der Waals surface area contributed by atoms with E-state index in [0.717, 1.165) is 24.7 Å². The van der Waals surface area contributed by atoms with Gasteiger partial charge in [0.2, 0.25) is 0 Å². The standard InChI is InChI=1S/C18H24N4O/c1-15-14-20-10-8-16(15)9-11-21-18(19-2)22-12-13-23-17-6-4-3-5-7-17/h3-8,10,14H,9,11-13H2,1-2H3,(H2,19,21,22). The summed E-state index contributed by atoms with van der Waals surface area (Å²) in [6.45, 7) is 4.19. The first-order valence-corrected chi connectivity index (χ1v) is 7.81. The lowest BCUT2D eigenvalue weighted by Crippen LogP contribution is -2.40. The van der Waals surface area contributed by atoms with Crippen LogP contribution in [0.2, 0.25) is 0 Å². The van der Waals surface area contributed by atoms with Gasteiger partial charge in [0.25, 0.3) is 0 Å².